The summed E-state index contributed by atoms with van der Waals surface area (Å²) in [6.07, 6.45) is -2.03. The summed E-state index contributed by atoms with van der Waals surface area (Å²) >= 11 is 1.10. The van der Waals surface area contributed by atoms with Crippen molar-refractivity contribution in [2.45, 2.75) is 19.0 Å². The number of amides is 1. The topological polar surface area (TPSA) is 45.2 Å². The lowest BCUT2D eigenvalue weighted by Gasteiger charge is -2.14. The highest BCUT2D eigenvalue weighted by Crippen LogP contribution is 2.32. The van der Waals surface area contributed by atoms with Gasteiger partial charge < -0.3 is 10.2 Å². The van der Waals surface area contributed by atoms with E-state index < -0.39 is 11.7 Å². The van der Waals surface area contributed by atoms with Crippen LogP contribution in [0.3, 0.4) is 0 Å². The van der Waals surface area contributed by atoms with Gasteiger partial charge in [-0.25, -0.2) is 4.98 Å². The predicted octanol–water partition coefficient (Wildman–Crippen LogP) is 3.14. The zero-order valence-electron chi connectivity index (χ0n) is 12.3. The molecule has 2 aromatic rings. The zero-order valence-corrected chi connectivity index (χ0v) is 13.1. The van der Waals surface area contributed by atoms with Crippen LogP contribution in [0.25, 0.3) is 10.2 Å². The first-order valence-corrected chi connectivity index (χ1v) is 8.23. The van der Waals surface area contributed by atoms with Crippen LogP contribution in [0, 0.1) is 0 Å². The molecule has 1 saturated heterocycles. The lowest BCUT2D eigenvalue weighted by atomic mass is 10.2. The summed E-state index contributed by atoms with van der Waals surface area (Å²) < 4.78 is 38.6. The molecular formula is C15H16F3N3OS. The summed E-state index contributed by atoms with van der Waals surface area (Å²) in [5, 5.41) is 2.97. The molecule has 0 bridgehead atoms. The molecule has 0 aliphatic carbocycles. The first-order chi connectivity index (χ1) is 10.9. The number of carbonyl (C=O) groups is 1. The van der Waals surface area contributed by atoms with Gasteiger partial charge in [-0.3, -0.25) is 4.79 Å². The lowest BCUT2D eigenvalue weighted by molar-refractivity contribution is -0.137. The third-order valence-electron chi connectivity index (χ3n) is 3.82. The largest absolute Gasteiger partial charge is 0.416 e. The van der Waals surface area contributed by atoms with Gasteiger partial charge in [-0.15, -0.1) is 11.3 Å². The van der Waals surface area contributed by atoms with Crippen LogP contribution in [0.5, 0.6) is 0 Å². The minimum atomic E-state index is -4.41. The molecule has 0 radical (unpaired) electrons. The first-order valence-electron chi connectivity index (χ1n) is 7.42. The average molecular weight is 343 g/mol. The van der Waals surface area contributed by atoms with Crippen molar-refractivity contribution < 1.29 is 18.0 Å². The van der Waals surface area contributed by atoms with E-state index in [1.807, 2.05) is 0 Å². The maximum absolute atomic E-state index is 12.7. The van der Waals surface area contributed by atoms with Crippen molar-refractivity contribution >= 4 is 27.5 Å². The van der Waals surface area contributed by atoms with E-state index in [9.17, 15) is 18.0 Å². The molecule has 1 N–H and O–H groups in total. The van der Waals surface area contributed by atoms with E-state index in [1.54, 1.807) is 0 Å². The number of nitrogens with one attached hydrogen (secondary N) is 1. The van der Waals surface area contributed by atoms with E-state index in [0.29, 0.717) is 11.2 Å². The van der Waals surface area contributed by atoms with E-state index in [2.05, 4.69) is 15.2 Å². The van der Waals surface area contributed by atoms with Crippen molar-refractivity contribution in [3.8, 4) is 0 Å². The van der Waals surface area contributed by atoms with E-state index in [0.717, 1.165) is 43.1 Å². The van der Waals surface area contributed by atoms with Gasteiger partial charge in [0.25, 0.3) is 5.91 Å². The molecule has 1 aromatic heterocycles. The Morgan fingerprint density at radius 2 is 2.04 bits per heavy atom. The standard InChI is InChI=1S/C15H16F3N3OS/c16-15(17,18)10-3-4-12-11(9-10)20-14(23-12)13(22)19-5-8-21-6-1-2-7-21/h3-4,9H,1-2,5-8H2,(H,19,22). The number of rotatable bonds is 4. The number of hydrogen-bond acceptors (Lipinski definition) is 4. The third kappa shape index (κ3) is 3.81. The molecule has 1 fully saturated rings. The van der Waals surface area contributed by atoms with Crippen molar-refractivity contribution in [2.24, 2.45) is 0 Å². The molecular weight excluding hydrogens is 327 g/mol. The summed E-state index contributed by atoms with van der Waals surface area (Å²) in [7, 11) is 0. The fourth-order valence-corrected chi connectivity index (χ4v) is 3.47. The first kappa shape index (κ1) is 16.2. The van der Waals surface area contributed by atoms with Crippen molar-refractivity contribution in [1.29, 1.82) is 0 Å². The molecule has 8 heteroatoms. The monoisotopic (exact) mass is 343 g/mol. The van der Waals surface area contributed by atoms with Crippen LogP contribution in [0.4, 0.5) is 13.2 Å². The maximum atomic E-state index is 12.7. The van der Waals surface area contributed by atoms with E-state index in [1.165, 1.54) is 18.9 Å². The Morgan fingerprint density at radius 1 is 1.30 bits per heavy atom. The van der Waals surface area contributed by atoms with Gasteiger partial charge in [0.2, 0.25) is 0 Å². The predicted molar refractivity (Wildman–Crippen MR) is 82.6 cm³/mol. The second-order valence-electron chi connectivity index (χ2n) is 5.50. The normalized spacial score (nSPS) is 16.1. The Labute approximate surface area is 135 Å². The molecule has 2 heterocycles. The SMILES string of the molecule is O=C(NCCN1CCCC1)c1nc2cc(C(F)(F)F)ccc2s1. The summed E-state index contributed by atoms with van der Waals surface area (Å²) in [4.78, 5) is 18.4. The quantitative estimate of drug-likeness (QED) is 0.928. The van der Waals surface area contributed by atoms with Crippen LogP contribution in [0.1, 0.15) is 28.2 Å². The maximum Gasteiger partial charge on any atom is 0.416 e. The Kier molecular flexibility index (Phi) is 4.54. The summed E-state index contributed by atoms with van der Waals surface area (Å²) in [5.41, 5.74) is -0.550. The molecule has 1 aliphatic heterocycles. The van der Waals surface area contributed by atoms with Gasteiger partial charge in [0.05, 0.1) is 15.8 Å². The van der Waals surface area contributed by atoms with E-state index in [-0.39, 0.29) is 16.4 Å². The molecule has 1 amide bonds. The molecule has 124 valence electrons. The second kappa shape index (κ2) is 6.45. The van der Waals surface area contributed by atoms with E-state index >= 15 is 0 Å². The van der Waals surface area contributed by atoms with Crippen LogP contribution < -0.4 is 5.32 Å². The minimum Gasteiger partial charge on any atom is -0.349 e. The Bertz CT molecular complexity index is 708. The number of nitrogens with zero attached hydrogens (tertiary/aromatic N) is 2. The van der Waals surface area contributed by atoms with Crippen molar-refractivity contribution in [3.05, 3.63) is 28.8 Å². The van der Waals surface area contributed by atoms with Crippen LogP contribution in [-0.4, -0.2) is 42.0 Å². The summed E-state index contributed by atoms with van der Waals surface area (Å²) in [5.74, 6) is -0.334. The molecule has 0 spiro atoms. The number of likely N-dealkylation sites (tertiary alicyclic amines) is 1. The van der Waals surface area contributed by atoms with Gasteiger partial charge in [-0.05, 0) is 44.1 Å². The van der Waals surface area contributed by atoms with Gasteiger partial charge in [0, 0.05) is 13.1 Å². The number of thiazole rings is 1. The highest BCUT2D eigenvalue weighted by atomic mass is 32.1. The highest BCUT2D eigenvalue weighted by Gasteiger charge is 2.31. The molecule has 1 aromatic carbocycles. The van der Waals surface area contributed by atoms with E-state index in [4.69, 9.17) is 0 Å². The van der Waals surface area contributed by atoms with Gasteiger partial charge in [0.15, 0.2) is 5.01 Å². The summed E-state index contributed by atoms with van der Waals surface area (Å²) in [6.45, 7) is 3.41. The number of aromatic nitrogens is 1. The van der Waals surface area contributed by atoms with Gasteiger partial charge in [-0.1, -0.05) is 0 Å². The Balaban J connectivity index is 1.66. The second-order valence-corrected chi connectivity index (χ2v) is 6.53. The molecule has 0 atom stereocenters. The van der Waals surface area contributed by atoms with Gasteiger partial charge in [-0.2, -0.15) is 13.2 Å². The molecule has 0 unspecified atom stereocenters. The van der Waals surface area contributed by atoms with Crippen LogP contribution in [0.2, 0.25) is 0 Å². The zero-order chi connectivity index (χ0) is 16.4. The van der Waals surface area contributed by atoms with Crippen LogP contribution in [0.15, 0.2) is 18.2 Å². The summed E-state index contributed by atoms with van der Waals surface area (Å²) in [6, 6.07) is 3.35. The number of halogens is 3. The number of benzene rings is 1. The minimum absolute atomic E-state index is 0.195. The molecule has 23 heavy (non-hydrogen) atoms. The van der Waals surface area contributed by atoms with Crippen LogP contribution >= 0.6 is 11.3 Å². The number of fused-ring (bicyclic) bond motifs is 1. The highest BCUT2D eigenvalue weighted by molar-refractivity contribution is 7.20. The van der Waals surface area contributed by atoms with Crippen LogP contribution in [-0.2, 0) is 6.18 Å². The van der Waals surface area contributed by atoms with Gasteiger partial charge in [0.1, 0.15) is 0 Å². The molecule has 1 aliphatic rings. The molecule has 3 rings (SSSR count). The number of carbonyl (C=O) groups excluding carboxylic acids is 1. The van der Waals surface area contributed by atoms with Gasteiger partial charge >= 0.3 is 6.18 Å². The number of alkyl halides is 3. The lowest BCUT2D eigenvalue weighted by Crippen LogP contribution is -2.33. The smallest absolute Gasteiger partial charge is 0.349 e. The Morgan fingerprint density at radius 3 is 2.74 bits per heavy atom. The molecule has 0 saturated carbocycles. The molecule has 4 nitrogen and oxygen atoms in total. The van der Waals surface area contributed by atoms with Crippen molar-refractivity contribution in [3.63, 3.8) is 0 Å². The van der Waals surface area contributed by atoms with Crippen molar-refractivity contribution in [1.82, 2.24) is 15.2 Å². The fourth-order valence-electron chi connectivity index (χ4n) is 2.61. The Hall–Kier alpha value is -1.67. The number of hydrogen-bond donors (Lipinski definition) is 1. The average Bonchev–Trinajstić information content (AvgIpc) is 3.14. The fraction of sp³-hybridized carbons (Fsp3) is 0.467. The van der Waals surface area contributed by atoms with Crippen molar-refractivity contribution in [2.75, 3.05) is 26.2 Å². The third-order valence-corrected chi connectivity index (χ3v) is 4.86.